The fourth-order valence-electron chi connectivity index (χ4n) is 3.38. The van der Waals surface area contributed by atoms with Crippen molar-refractivity contribution in [1.82, 2.24) is 0 Å². The number of esters is 2. The molecule has 1 unspecified atom stereocenters. The molecular weight excluding hydrogens is 406 g/mol. The van der Waals surface area contributed by atoms with Gasteiger partial charge >= 0.3 is 11.9 Å². The Bertz CT molecular complexity index is 934. The smallest absolute Gasteiger partial charge is 0.341 e. The Morgan fingerprint density at radius 3 is 2.57 bits per heavy atom. The lowest BCUT2D eigenvalue weighted by molar-refractivity contribution is -0.119. The molecule has 0 spiro atoms. The molecule has 0 saturated heterocycles. The van der Waals surface area contributed by atoms with Crippen LogP contribution in [0.4, 0.5) is 5.00 Å². The molecule has 1 aromatic heterocycles. The Balaban J connectivity index is 1.68. The third-order valence-electron chi connectivity index (χ3n) is 4.95. The Hall–Kier alpha value is -2.71. The molecule has 8 heteroatoms. The van der Waals surface area contributed by atoms with Crippen LogP contribution in [-0.2, 0) is 33.7 Å². The van der Waals surface area contributed by atoms with Crippen molar-refractivity contribution in [2.24, 2.45) is 5.92 Å². The van der Waals surface area contributed by atoms with Crippen LogP contribution in [0.25, 0.3) is 0 Å². The molecule has 0 radical (unpaired) electrons. The van der Waals surface area contributed by atoms with Crippen molar-refractivity contribution in [2.45, 2.75) is 39.7 Å². The second-order valence-electron chi connectivity index (χ2n) is 7.26. The number of benzene rings is 1. The normalized spacial score (nSPS) is 15.2. The number of rotatable bonds is 7. The van der Waals surface area contributed by atoms with Crippen LogP contribution in [0.15, 0.2) is 24.3 Å². The van der Waals surface area contributed by atoms with Crippen molar-refractivity contribution in [3.05, 3.63) is 51.4 Å². The van der Waals surface area contributed by atoms with Gasteiger partial charge in [0.05, 0.1) is 24.3 Å². The van der Waals surface area contributed by atoms with Crippen molar-refractivity contribution >= 4 is 34.2 Å². The second kappa shape index (κ2) is 9.86. The number of hydrogen-bond acceptors (Lipinski definition) is 7. The number of fused-ring (bicyclic) bond motifs is 1. The zero-order chi connectivity index (χ0) is 21.7. The van der Waals surface area contributed by atoms with E-state index in [2.05, 4.69) is 12.2 Å². The summed E-state index contributed by atoms with van der Waals surface area (Å²) < 4.78 is 10.3. The lowest BCUT2D eigenvalue weighted by atomic mass is 9.88. The number of ether oxygens (including phenoxy) is 2. The van der Waals surface area contributed by atoms with Gasteiger partial charge in [0.15, 0.2) is 6.61 Å². The lowest BCUT2D eigenvalue weighted by Gasteiger charge is -2.18. The summed E-state index contributed by atoms with van der Waals surface area (Å²) in [6.07, 6.45) is 2.62. The van der Waals surface area contributed by atoms with Gasteiger partial charge in [0, 0.05) is 4.88 Å². The summed E-state index contributed by atoms with van der Waals surface area (Å²) in [5.41, 5.74) is 2.33. The molecule has 160 valence electrons. The van der Waals surface area contributed by atoms with E-state index in [4.69, 9.17) is 14.6 Å². The van der Waals surface area contributed by atoms with Crippen LogP contribution >= 0.6 is 11.3 Å². The summed E-state index contributed by atoms with van der Waals surface area (Å²) in [7, 11) is 0. The highest BCUT2D eigenvalue weighted by Gasteiger charge is 2.29. The molecule has 3 rings (SSSR count). The first-order chi connectivity index (χ1) is 14.4. The Morgan fingerprint density at radius 2 is 1.90 bits per heavy atom. The summed E-state index contributed by atoms with van der Waals surface area (Å²) in [4.78, 5) is 38.1. The van der Waals surface area contributed by atoms with Crippen LogP contribution in [0.3, 0.4) is 0 Å². The van der Waals surface area contributed by atoms with E-state index in [1.807, 2.05) is 0 Å². The van der Waals surface area contributed by atoms with Gasteiger partial charge in [-0.25, -0.2) is 9.59 Å². The van der Waals surface area contributed by atoms with Crippen LogP contribution in [0, 0.1) is 5.92 Å². The van der Waals surface area contributed by atoms with Crippen molar-refractivity contribution in [1.29, 1.82) is 0 Å². The van der Waals surface area contributed by atoms with Gasteiger partial charge in [-0.05, 0) is 55.4 Å². The molecule has 7 nitrogen and oxygen atoms in total. The first-order valence-corrected chi connectivity index (χ1v) is 10.7. The van der Waals surface area contributed by atoms with Crippen molar-refractivity contribution in [2.75, 3.05) is 18.5 Å². The number of aliphatic hydroxyl groups is 1. The molecule has 0 aliphatic heterocycles. The molecule has 1 heterocycles. The third-order valence-corrected chi connectivity index (χ3v) is 6.12. The quantitative estimate of drug-likeness (QED) is 0.652. The Kier molecular flexibility index (Phi) is 7.23. The number of carbonyl (C=O) groups excluding carboxylic acids is 3. The van der Waals surface area contributed by atoms with E-state index in [9.17, 15) is 14.4 Å². The zero-order valence-electron chi connectivity index (χ0n) is 17.0. The summed E-state index contributed by atoms with van der Waals surface area (Å²) >= 11 is 1.39. The van der Waals surface area contributed by atoms with Gasteiger partial charge in [0.2, 0.25) is 0 Å². The maximum Gasteiger partial charge on any atom is 0.341 e. The first-order valence-electron chi connectivity index (χ1n) is 9.91. The minimum atomic E-state index is -0.639. The van der Waals surface area contributed by atoms with Gasteiger partial charge in [-0.2, -0.15) is 0 Å². The van der Waals surface area contributed by atoms with Crippen molar-refractivity contribution in [3.63, 3.8) is 0 Å². The van der Waals surface area contributed by atoms with Gasteiger partial charge in [-0.1, -0.05) is 19.1 Å². The van der Waals surface area contributed by atoms with E-state index in [1.54, 1.807) is 19.1 Å². The number of thiophene rings is 1. The maximum atomic E-state index is 12.5. The van der Waals surface area contributed by atoms with Crippen LogP contribution in [0.1, 0.15) is 57.0 Å². The Morgan fingerprint density at radius 1 is 1.17 bits per heavy atom. The SMILES string of the molecule is CCOC(=O)c1c(NC(=O)COC(=O)c2ccc(CO)cc2)sc2c1CCC(C)C2. The van der Waals surface area contributed by atoms with E-state index >= 15 is 0 Å². The summed E-state index contributed by atoms with van der Waals surface area (Å²) in [6, 6.07) is 6.27. The monoisotopic (exact) mass is 431 g/mol. The molecule has 2 aromatic rings. The molecule has 30 heavy (non-hydrogen) atoms. The number of carbonyl (C=O) groups is 3. The summed E-state index contributed by atoms with van der Waals surface area (Å²) in [5.74, 6) is -1.08. The van der Waals surface area contributed by atoms with Crippen LogP contribution in [0.2, 0.25) is 0 Å². The van der Waals surface area contributed by atoms with Crippen LogP contribution in [-0.4, -0.2) is 36.2 Å². The number of aliphatic hydroxyl groups excluding tert-OH is 1. The molecule has 0 fully saturated rings. The molecule has 0 saturated carbocycles. The van der Waals surface area contributed by atoms with E-state index in [0.717, 1.165) is 29.7 Å². The number of anilines is 1. The highest BCUT2D eigenvalue weighted by molar-refractivity contribution is 7.17. The van der Waals surface area contributed by atoms with Crippen LogP contribution < -0.4 is 5.32 Å². The number of amides is 1. The zero-order valence-corrected chi connectivity index (χ0v) is 17.8. The van der Waals surface area contributed by atoms with Crippen LogP contribution in [0.5, 0.6) is 0 Å². The molecule has 1 aliphatic carbocycles. The van der Waals surface area contributed by atoms with Gasteiger partial charge in [-0.3, -0.25) is 4.79 Å². The number of hydrogen-bond donors (Lipinski definition) is 2. The van der Waals surface area contributed by atoms with Gasteiger partial charge in [0.1, 0.15) is 5.00 Å². The highest BCUT2D eigenvalue weighted by atomic mass is 32.1. The van der Waals surface area contributed by atoms with Crippen molar-refractivity contribution < 1.29 is 29.0 Å². The van der Waals surface area contributed by atoms with E-state index in [1.165, 1.54) is 23.5 Å². The molecule has 2 N–H and O–H groups in total. The van der Waals surface area contributed by atoms with E-state index in [0.29, 0.717) is 22.0 Å². The lowest BCUT2D eigenvalue weighted by Crippen LogP contribution is -2.22. The topological polar surface area (TPSA) is 102 Å². The van der Waals surface area contributed by atoms with Crippen molar-refractivity contribution in [3.8, 4) is 0 Å². The Labute approximate surface area is 179 Å². The highest BCUT2D eigenvalue weighted by Crippen LogP contribution is 2.40. The fraction of sp³-hybridized carbons (Fsp3) is 0.409. The molecular formula is C22H25NO6S. The predicted octanol–water partition coefficient (Wildman–Crippen LogP) is 3.34. The molecule has 0 bridgehead atoms. The predicted molar refractivity (Wildman–Crippen MR) is 113 cm³/mol. The van der Waals surface area contributed by atoms with Gasteiger partial charge < -0.3 is 19.9 Å². The third kappa shape index (κ3) is 5.06. The molecule has 1 amide bonds. The minimum absolute atomic E-state index is 0.121. The number of nitrogens with one attached hydrogen (secondary N) is 1. The molecule has 1 aromatic carbocycles. The maximum absolute atomic E-state index is 12.5. The van der Waals surface area contributed by atoms with E-state index < -0.39 is 24.5 Å². The standard InChI is InChI=1S/C22H25NO6S/c1-3-28-22(27)19-16-9-4-13(2)10-17(16)30-20(19)23-18(25)12-29-21(26)15-7-5-14(11-24)6-8-15/h5-8,13,24H,3-4,9-12H2,1-2H3,(H,23,25). The average Bonchev–Trinajstić information content (AvgIpc) is 3.09. The summed E-state index contributed by atoms with van der Waals surface area (Å²) in [6.45, 7) is 3.56. The average molecular weight is 432 g/mol. The van der Waals surface area contributed by atoms with Gasteiger partial charge in [0.25, 0.3) is 5.91 Å². The summed E-state index contributed by atoms with van der Waals surface area (Å²) in [5, 5.41) is 12.2. The van der Waals surface area contributed by atoms with Gasteiger partial charge in [-0.15, -0.1) is 11.3 Å². The largest absolute Gasteiger partial charge is 0.462 e. The fourth-order valence-corrected chi connectivity index (χ4v) is 4.80. The molecule has 1 atom stereocenters. The first kappa shape index (κ1) is 22.0. The second-order valence-corrected chi connectivity index (χ2v) is 8.36. The van der Waals surface area contributed by atoms with E-state index in [-0.39, 0.29) is 18.8 Å². The minimum Gasteiger partial charge on any atom is -0.462 e. The molecule has 1 aliphatic rings.